The normalized spacial score (nSPS) is 13.9. The Morgan fingerprint density at radius 1 is 1.44 bits per heavy atom. The lowest BCUT2D eigenvalue weighted by atomic mass is 10.1. The van der Waals surface area contributed by atoms with Crippen LogP contribution in [0.2, 0.25) is 0 Å². The number of hydrogen-bond acceptors (Lipinski definition) is 4. The van der Waals surface area contributed by atoms with Crippen LogP contribution in [0.1, 0.15) is 50.9 Å². The average Bonchev–Trinajstić information content (AvgIpc) is 2.13. The highest BCUT2D eigenvalue weighted by molar-refractivity contribution is 7.99. The van der Waals surface area contributed by atoms with Gasteiger partial charge in [-0.15, -0.1) is 11.8 Å². The van der Waals surface area contributed by atoms with Crippen molar-refractivity contribution in [2.45, 2.75) is 51.2 Å². The van der Waals surface area contributed by atoms with Crippen LogP contribution in [0.5, 0.6) is 0 Å². The van der Waals surface area contributed by atoms with Crippen molar-refractivity contribution >= 4 is 11.8 Å². The van der Waals surface area contributed by atoms with Crippen molar-refractivity contribution in [3.8, 4) is 0 Å². The third kappa shape index (κ3) is 4.10. The minimum Gasteiger partial charge on any atom is -0.389 e. The molecule has 0 aliphatic carbocycles. The van der Waals surface area contributed by atoms with E-state index in [1.807, 2.05) is 18.7 Å². The van der Waals surface area contributed by atoms with Crippen molar-refractivity contribution in [3.63, 3.8) is 0 Å². The van der Waals surface area contributed by atoms with Crippen LogP contribution in [0.3, 0.4) is 0 Å². The van der Waals surface area contributed by atoms with E-state index in [0.717, 1.165) is 22.8 Å². The zero-order chi connectivity index (χ0) is 12.3. The van der Waals surface area contributed by atoms with Crippen LogP contribution < -0.4 is 0 Å². The maximum Gasteiger partial charge on any atom is 0.138 e. The lowest BCUT2D eigenvalue weighted by Crippen LogP contribution is -2.09. The second-order valence-corrected chi connectivity index (χ2v) is 6.71. The number of hydrogen-bond donors (Lipinski definition) is 1. The lowest BCUT2D eigenvalue weighted by Gasteiger charge is -2.17. The van der Waals surface area contributed by atoms with Gasteiger partial charge in [-0.1, -0.05) is 20.8 Å². The van der Waals surface area contributed by atoms with Gasteiger partial charge in [-0.05, 0) is 13.8 Å². The summed E-state index contributed by atoms with van der Waals surface area (Å²) < 4.78 is 0.222. The van der Waals surface area contributed by atoms with Gasteiger partial charge < -0.3 is 5.11 Å². The van der Waals surface area contributed by atoms with Crippen LogP contribution in [-0.2, 0) is 5.75 Å². The fraction of sp³-hybridized carbons (Fsp3) is 0.667. The molecule has 0 aliphatic rings. The van der Waals surface area contributed by atoms with E-state index in [1.165, 1.54) is 0 Å². The largest absolute Gasteiger partial charge is 0.389 e. The van der Waals surface area contributed by atoms with E-state index in [0.29, 0.717) is 0 Å². The molecule has 90 valence electrons. The summed E-state index contributed by atoms with van der Waals surface area (Å²) in [6, 6.07) is 0. The molecule has 4 heteroatoms. The minimum absolute atomic E-state index is 0.222. The van der Waals surface area contributed by atoms with Gasteiger partial charge in [-0.25, -0.2) is 9.97 Å². The van der Waals surface area contributed by atoms with Crippen LogP contribution in [0.15, 0.2) is 6.20 Å². The molecule has 1 unspecified atom stereocenters. The van der Waals surface area contributed by atoms with Crippen molar-refractivity contribution in [2.24, 2.45) is 0 Å². The Bertz CT molecular complexity index is 359. The fourth-order valence-corrected chi connectivity index (χ4v) is 1.99. The molecule has 0 saturated carbocycles. The summed E-state index contributed by atoms with van der Waals surface area (Å²) in [5.41, 5.74) is 1.68. The zero-order valence-electron chi connectivity index (χ0n) is 10.6. The first kappa shape index (κ1) is 13.5. The second kappa shape index (κ2) is 5.15. The first-order valence-corrected chi connectivity index (χ1v) is 6.42. The first-order chi connectivity index (χ1) is 7.29. The number of aryl methyl sites for hydroxylation is 1. The summed E-state index contributed by atoms with van der Waals surface area (Å²) in [5.74, 6) is 1.64. The van der Waals surface area contributed by atoms with Gasteiger partial charge in [0.2, 0.25) is 0 Å². The molecule has 1 rings (SSSR count). The molecule has 0 saturated heterocycles. The van der Waals surface area contributed by atoms with Crippen LogP contribution in [0.25, 0.3) is 0 Å². The van der Waals surface area contributed by atoms with Crippen LogP contribution in [0, 0.1) is 6.92 Å². The van der Waals surface area contributed by atoms with Crippen molar-refractivity contribution in [1.82, 2.24) is 9.97 Å². The predicted molar refractivity (Wildman–Crippen MR) is 68.5 cm³/mol. The first-order valence-electron chi connectivity index (χ1n) is 5.44. The summed E-state index contributed by atoms with van der Waals surface area (Å²) in [7, 11) is 0. The van der Waals surface area contributed by atoms with Crippen molar-refractivity contribution in [1.29, 1.82) is 0 Å². The molecule has 0 aromatic carbocycles. The highest BCUT2D eigenvalue weighted by Gasteiger charge is 2.13. The summed E-state index contributed by atoms with van der Waals surface area (Å²) >= 11 is 1.82. The van der Waals surface area contributed by atoms with Gasteiger partial charge in [-0.3, -0.25) is 0 Å². The summed E-state index contributed by atoms with van der Waals surface area (Å²) in [6.45, 7) is 10.2. The number of aliphatic hydroxyl groups excluding tert-OH is 1. The summed E-state index contributed by atoms with van der Waals surface area (Å²) in [4.78, 5) is 8.68. The third-order valence-corrected chi connectivity index (χ3v) is 3.42. The molecule has 0 fully saturated rings. The molecule has 0 amide bonds. The molecule has 3 nitrogen and oxygen atoms in total. The molecule has 0 aliphatic heterocycles. The minimum atomic E-state index is -0.496. The Morgan fingerprint density at radius 3 is 2.50 bits per heavy atom. The van der Waals surface area contributed by atoms with Crippen LogP contribution in [-0.4, -0.2) is 19.8 Å². The van der Waals surface area contributed by atoms with Gasteiger partial charge in [0.05, 0.1) is 11.9 Å². The topological polar surface area (TPSA) is 46.0 Å². The molecule has 1 heterocycles. The van der Waals surface area contributed by atoms with E-state index in [2.05, 4.69) is 30.7 Å². The van der Waals surface area contributed by atoms with Crippen molar-refractivity contribution < 1.29 is 5.11 Å². The van der Waals surface area contributed by atoms with Gasteiger partial charge >= 0.3 is 0 Å². The van der Waals surface area contributed by atoms with E-state index in [9.17, 15) is 5.11 Å². The van der Waals surface area contributed by atoms with E-state index < -0.39 is 6.10 Å². The molecule has 1 atom stereocenters. The smallest absolute Gasteiger partial charge is 0.138 e. The number of thioether (sulfide) groups is 1. The average molecular weight is 240 g/mol. The maximum atomic E-state index is 9.47. The lowest BCUT2D eigenvalue weighted by molar-refractivity contribution is 0.197. The monoisotopic (exact) mass is 240 g/mol. The molecule has 0 bridgehead atoms. The van der Waals surface area contributed by atoms with Gasteiger partial charge in [0.25, 0.3) is 0 Å². The predicted octanol–water partition coefficient (Wildman–Crippen LogP) is 2.87. The highest BCUT2D eigenvalue weighted by Crippen LogP contribution is 2.26. The van der Waals surface area contributed by atoms with Crippen molar-refractivity contribution in [2.75, 3.05) is 0 Å². The van der Waals surface area contributed by atoms with Crippen LogP contribution in [0.4, 0.5) is 0 Å². The number of aliphatic hydroxyl groups is 1. The molecule has 0 spiro atoms. The van der Waals surface area contributed by atoms with Crippen molar-refractivity contribution in [3.05, 3.63) is 23.3 Å². The molecular formula is C12H20N2OS. The van der Waals surface area contributed by atoms with Gasteiger partial charge in [0.1, 0.15) is 5.82 Å². The van der Waals surface area contributed by atoms with E-state index in [-0.39, 0.29) is 4.75 Å². The third-order valence-electron chi connectivity index (χ3n) is 2.15. The number of rotatable bonds is 3. The molecular weight excluding hydrogens is 220 g/mol. The Balaban J connectivity index is 2.74. The Kier molecular flexibility index (Phi) is 4.33. The highest BCUT2D eigenvalue weighted by atomic mass is 32.2. The Morgan fingerprint density at radius 2 is 2.06 bits per heavy atom. The van der Waals surface area contributed by atoms with Gasteiger partial charge in [-0.2, -0.15) is 0 Å². The standard InChI is InChI=1S/C12H20N2OS/c1-8-10(9(2)15)6-13-11(14-8)7-16-12(3,4)5/h6,9,15H,7H2,1-5H3. The van der Waals surface area contributed by atoms with Gasteiger partial charge in [0, 0.05) is 22.2 Å². The number of nitrogens with zero attached hydrogens (tertiary/aromatic N) is 2. The molecule has 16 heavy (non-hydrogen) atoms. The van der Waals surface area contributed by atoms with Crippen LogP contribution >= 0.6 is 11.8 Å². The number of aromatic nitrogens is 2. The summed E-state index contributed by atoms with van der Waals surface area (Å²) in [5, 5.41) is 9.47. The second-order valence-electron chi connectivity index (χ2n) is 4.90. The molecule has 1 aromatic rings. The van der Waals surface area contributed by atoms with E-state index >= 15 is 0 Å². The summed E-state index contributed by atoms with van der Waals surface area (Å²) in [6.07, 6.45) is 1.23. The Hall–Kier alpha value is -0.610. The van der Waals surface area contributed by atoms with Gasteiger partial charge in [0.15, 0.2) is 0 Å². The Labute approximate surface area is 102 Å². The molecule has 1 aromatic heterocycles. The maximum absolute atomic E-state index is 9.47. The van der Waals surface area contributed by atoms with E-state index in [4.69, 9.17) is 0 Å². The quantitative estimate of drug-likeness (QED) is 0.882. The fourth-order valence-electron chi connectivity index (χ4n) is 1.29. The zero-order valence-corrected chi connectivity index (χ0v) is 11.4. The molecule has 0 radical (unpaired) electrons. The SMILES string of the molecule is Cc1nc(CSC(C)(C)C)ncc1C(C)O. The van der Waals surface area contributed by atoms with E-state index in [1.54, 1.807) is 13.1 Å². The molecule has 1 N–H and O–H groups in total.